The number of para-hydroxylation sites is 1. The molecule has 0 saturated carbocycles. The molecule has 1 aliphatic heterocycles. The summed E-state index contributed by atoms with van der Waals surface area (Å²) >= 11 is 0. The zero-order chi connectivity index (χ0) is 12.5. The molecular weight excluding hydrogens is 218 g/mol. The predicted octanol–water partition coefficient (Wildman–Crippen LogP) is 4.58. The molecule has 1 heteroatoms. The SMILES string of the molecule is CC1c2ccccc2NC(C2CC=CCC2)C1C. The number of anilines is 1. The van der Waals surface area contributed by atoms with E-state index in [1.807, 2.05) is 0 Å². The maximum atomic E-state index is 3.81. The van der Waals surface area contributed by atoms with Crippen LogP contribution >= 0.6 is 0 Å². The molecule has 0 spiro atoms. The standard InChI is InChI=1S/C17H23N/c1-12-13(2)17(14-8-4-3-5-9-14)18-16-11-7-6-10-15(12)16/h3-4,6-7,10-14,17-18H,5,8-9H2,1-2H3. The lowest BCUT2D eigenvalue weighted by atomic mass is 9.72. The van der Waals surface area contributed by atoms with Gasteiger partial charge in [-0.3, -0.25) is 0 Å². The molecule has 4 atom stereocenters. The molecule has 2 aliphatic rings. The number of benzene rings is 1. The molecule has 0 bridgehead atoms. The molecular formula is C17H23N. The molecule has 0 aromatic heterocycles. The summed E-state index contributed by atoms with van der Waals surface area (Å²) in [6, 6.07) is 9.46. The fraction of sp³-hybridized carbons (Fsp3) is 0.529. The van der Waals surface area contributed by atoms with E-state index in [1.54, 1.807) is 0 Å². The van der Waals surface area contributed by atoms with Gasteiger partial charge >= 0.3 is 0 Å². The Morgan fingerprint density at radius 2 is 1.94 bits per heavy atom. The molecule has 1 heterocycles. The Labute approximate surface area is 110 Å². The predicted molar refractivity (Wildman–Crippen MR) is 77.9 cm³/mol. The van der Waals surface area contributed by atoms with E-state index in [1.165, 1.54) is 30.5 Å². The monoisotopic (exact) mass is 241 g/mol. The molecule has 1 aromatic rings. The van der Waals surface area contributed by atoms with Gasteiger partial charge in [0.15, 0.2) is 0 Å². The maximum Gasteiger partial charge on any atom is 0.0377 e. The van der Waals surface area contributed by atoms with Gasteiger partial charge in [-0.25, -0.2) is 0 Å². The van der Waals surface area contributed by atoms with E-state index < -0.39 is 0 Å². The van der Waals surface area contributed by atoms with Crippen LogP contribution in [0, 0.1) is 11.8 Å². The summed E-state index contributed by atoms with van der Waals surface area (Å²) in [5.41, 5.74) is 2.86. The van der Waals surface area contributed by atoms with Gasteiger partial charge in [-0.2, -0.15) is 0 Å². The van der Waals surface area contributed by atoms with E-state index in [-0.39, 0.29) is 0 Å². The van der Waals surface area contributed by atoms with Crippen LogP contribution in [0.5, 0.6) is 0 Å². The first-order valence-electron chi connectivity index (χ1n) is 7.28. The van der Waals surface area contributed by atoms with Crippen molar-refractivity contribution in [1.82, 2.24) is 0 Å². The molecule has 1 aromatic carbocycles. The number of allylic oxidation sites excluding steroid dienone is 2. The normalized spacial score (nSPS) is 34.8. The number of hydrogen-bond acceptors (Lipinski definition) is 1. The van der Waals surface area contributed by atoms with E-state index in [2.05, 4.69) is 55.6 Å². The van der Waals surface area contributed by atoms with Gasteiger partial charge in [-0.15, -0.1) is 0 Å². The summed E-state index contributed by atoms with van der Waals surface area (Å²) in [6.07, 6.45) is 8.55. The van der Waals surface area contributed by atoms with Crippen LogP contribution in [0.15, 0.2) is 36.4 Å². The van der Waals surface area contributed by atoms with Crippen LogP contribution in [-0.4, -0.2) is 6.04 Å². The summed E-state index contributed by atoms with van der Waals surface area (Å²) in [6.45, 7) is 4.80. The minimum atomic E-state index is 0.639. The second-order valence-electron chi connectivity index (χ2n) is 5.95. The van der Waals surface area contributed by atoms with Gasteiger partial charge in [0, 0.05) is 11.7 Å². The Hall–Kier alpha value is -1.24. The molecule has 18 heavy (non-hydrogen) atoms. The summed E-state index contributed by atoms with van der Waals surface area (Å²) < 4.78 is 0. The van der Waals surface area contributed by atoms with Crippen LogP contribution in [0.2, 0.25) is 0 Å². The first-order valence-corrected chi connectivity index (χ1v) is 7.28. The van der Waals surface area contributed by atoms with Gasteiger partial charge in [0.1, 0.15) is 0 Å². The minimum Gasteiger partial charge on any atom is -0.381 e. The fourth-order valence-electron chi connectivity index (χ4n) is 3.62. The van der Waals surface area contributed by atoms with Crippen molar-refractivity contribution in [3.05, 3.63) is 42.0 Å². The third-order valence-electron chi connectivity index (χ3n) is 4.95. The first-order chi connectivity index (χ1) is 8.77. The number of hydrogen-bond donors (Lipinski definition) is 1. The van der Waals surface area contributed by atoms with Crippen molar-refractivity contribution in [2.45, 2.75) is 45.1 Å². The van der Waals surface area contributed by atoms with Crippen LogP contribution < -0.4 is 5.32 Å². The Morgan fingerprint density at radius 3 is 2.72 bits per heavy atom. The number of fused-ring (bicyclic) bond motifs is 1. The highest BCUT2D eigenvalue weighted by Crippen LogP contribution is 2.42. The Balaban J connectivity index is 1.88. The highest BCUT2D eigenvalue weighted by Gasteiger charge is 2.35. The average Bonchev–Trinajstić information content (AvgIpc) is 2.44. The van der Waals surface area contributed by atoms with Gasteiger partial charge in [0.05, 0.1) is 0 Å². The maximum absolute atomic E-state index is 3.81. The third kappa shape index (κ3) is 1.96. The molecule has 4 unspecified atom stereocenters. The quantitative estimate of drug-likeness (QED) is 0.710. The van der Waals surface area contributed by atoms with Crippen molar-refractivity contribution >= 4 is 5.69 Å². The number of rotatable bonds is 1. The molecule has 1 N–H and O–H groups in total. The average molecular weight is 241 g/mol. The van der Waals surface area contributed by atoms with E-state index >= 15 is 0 Å². The lowest BCUT2D eigenvalue weighted by Gasteiger charge is -2.42. The van der Waals surface area contributed by atoms with E-state index in [0.29, 0.717) is 12.0 Å². The topological polar surface area (TPSA) is 12.0 Å². The highest BCUT2D eigenvalue weighted by molar-refractivity contribution is 5.56. The lowest BCUT2D eigenvalue weighted by molar-refractivity contribution is 0.289. The van der Waals surface area contributed by atoms with Crippen molar-refractivity contribution in [2.24, 2.45) is 11.8 Å². The Morgan fingerprint density at radius 1 is 1.11 bits per heavy atom. The second kappa shape index (κ2) is 4.79. The fourth-order valence-corrected chi connectivity index (χ4v) is 3.62. The van der Waals surface area contributed by atoms with Gasteiger partial charge in [-0.1, -0.05) is 44.2 Å². The van der Waals surface area contributed by atoms with Crippen molar-refractivity contribution in [3.8, 4) is 0 Å². The first kappa shape index (κ1) is 11.8. The molecule has 0 amide bonds. The molecule has 0 radical (unpaired) electrons. The van der Waals surface area contributed by atoms with Crippen molar-refractivity contribution < 1.29 is 0 Å². The van der Waals surface area contributed by atoms with Crippen molar-refractivity contribution in [2.75, 3.05) is 5.32 Å². The molecule has 0 saturated heterocycles. The van der Waals surface area contributed by atoms with Crippen LogP contribution in [0.1, 0.15) is 44.6 Å². The van der Waals surface area contributed by atoms with Crippen molar-refractivity contribution in [1.29, 1.82) is 0 Å². The van der Waals surface area contributed by atoms with Gasteiger partial charge < -0.3 is 5.32 Å². The van der Waals surface area contributed by atoms with Crippen molar-refractivity contribution in [3.63, 3.8) is 0 Å². The van der Waals surface area contributed by atoms with E-state index in [4.69, 9.17) is 0 Å². The number of nitrogens with one attached hydrogen (secondary N) is 1. The third-order valence-corrected chi connectivity index (χ3v) is 4.95. The van der Waals surface area contributed by atoms with Crippen LogP contribution in [0.4, 0.5) is 5.69 Å². The minimum absolute atomic E-state index is 0.639. The smallest absolute Gasteiger partial charge is 0.0377 e. The van der Waals surface area contributed by atoms with Crippen LogP contribution in [0.25, 0.3) is 0 Å². The Kier molecular flexibility index (Phi) is 3.15. The van der Waals surface area contributed by atoms with Gasteiger partial charge in [-0.05, 0) is 48.6 Å². The molecule has 1 aliphatic carbocycles. The van der Waals surface area contributed by atoms with Gasteiger partial charge in [0.2, 0.25) is 0 Å². The molecule has 3 rings (SSSR count). The van der Waals surface area contributed by atoms with Crippen LogP contribution in [0.3, 0.4) is 0 Å². The molecule has 1 nitrogen and oxygen atoms in total. The summed E-state index contributed by atoms with van der Waals surface area (Å²) in [7, 11) is 0. The van der Waals surface area contributed by atoms with E-state index in [0.717, 1.165) is 11.8 Å². The highest BCUT2D eigenvalue weighted by atomic mass is 15.0. The summed E-state index contributed by atoms with van der Waals surface area (Å²) in [5, 5.41) is 3.81. The largest absolute Gasteiger partial charge is 0.381 e. The Bertz CT molecular complexity index is 449. The molecule has 0 fully saturated rings. The zero-order valence-corrected chi connectivity index (χ0v) is 11.4. The summed E-state index contributed by atoms with van der Waals surface area (Å²) in [5.74, 6) is 2.19. The zero-order valence-electron chi connectivity index (χ0n) is 11.4. The second-order valence-corrected chi connectivity index (χ2v) is 5.95. The molecule has 96 valence electrons. The van der Waals surface area contributed by atoms with Gasteiger partial charge in [0.25, 0.3) is 0 Å². The van der Waals surface area contributed by atoms with E-state index in [9.17, 15) is 0 Å². The van der Waals surface area contributed by atoms with Crippen LogP contribution in [-0.2, 0) is 0 Å². The summed E-state index contributed by atoms with van der Waals surface area (Å²) in [4.78, 5) is 0. The lowest BCUT2D eigenvalue weighted by Crippen LogP contribution is -2.41.